The van der Waals surface area contributed by atoms with Gasteiger partial charge in [-0.1, -0.05) is 22.9 Å². The summed E-state index contributed by atoms with van der Waals surface area (Å²) in [5.41, 5.74) is 2.31. The van der Waals surface area contributed by atoms with E-state index in [-0.39, 0.29) is 5.56 Å². The number of thiazole rings is 1. The average molecular weight is 445 g/mol. The van der Waals surface area contributed by atoms with Gasteiger partial charge in [0.1, 0.15) is 11.0 Å². The lowest BCUT2D eigenvalue weighted by Gasteiger charge is -2.27. The molecule has 5 rings (SSSR count). The molecule has 2 aliphatic heterocycles. The highest BCUT2D eigenvalue weighted by Crippen LogP contribution is 2.32. The molecule has 1 saturated heterocycles. The van der Waals surface area contributed by atoms with Gasteiger partial charge < -0.3 is 14.6 Å². The fourth-order valence-corrected chi connectivity index (χ4v) is 5.12. The van der Waals surface area contributed by atoms with Crippen LogP contribution in [0.4, 0.5) is 5.13 Å². The van der Waals surface area contributed by atoms with E-state index in [1.54, 1.807) is 23.7 Å². The number of nitrogens with zero attached hydrogens (tertiary/aromatic N) is 5. The van der Waals surface area contributed by atoms with Gasteiger partial charge in [0.2, 0.25) is 0 Å². The number of aromatic nitrogens is 4. The van der Waals surface area contributed by atoms with E-state index in [0.29, 0.717) is 37.3 Å². The van der Waals surface area contributed by atoms with E-state index in [2.05, 4.69) is 24.8 Å². The molecule has 30 heavy (non-hydrogen) atoms. The third-order valence-corrected chi connectivity index (χ3v) is 6.90. The maximum Gasteiger partial charge on any atom is 0.255 e. The van der Waals surface area contributed by atoms with Gasteiger partial charge in [0.15, 0.2) is 5.13 Å². The van der Waals surface area contributed by atoms with E-state index < -0.39 is 0 Å². The number of rotatable bonds is 4. The lowest BCUT2D eigenvalue weighted by atomic mass is 10.1. The molecule has 0 aromatic carbocycles. The number of hydrogen-bond acceptors (Lipinski definition) is 8. The Balaban J connectivity index is 1.33. The molecule has 156 valence electrons. The lowest BCUT2D eigenvalue weighted by Crippen LogP contribution is -2.36. The Labute approximate surface area is 182 Å². The van der Waals surface area contributed by atoms with Gasteiger partial charge in [-0.25, -0.2) is 9.97 Å². The molecule has 0 aliphatic carbocycles. The Kier molecular flexibility index (Phi) is 5.51. The van der Waals surface area contributed by atoms with Crippen molar-refractivity contribution in [3.05, 3.63) is 56.2 Å². The number of nitrogens with one attached hydrogen (secondary N) is 1. The number of pyridine rings is 1. The maximum absolute atomic E-state index is 12.7. The third-order valence-electron chi connectivity index (χ3n) is 5.37. The van der Waals surface area contributed by atoms with Crippen molar-refractivity contribution in [3.63, 3.8) is 0 Å². The second kappa shape index (κ2) is 8.43. The largest absolute Gasteiger partial charge is 0.378 e. The number of hydrogen-bond donors (Lipinski definition) is 1. The fraction of sp³-hybridized carbons (Fsp3) is 0.400. The third kappa shape index (κ3) is 3.98. The number of morpholine rings is 1. The lowest BCUT2D eigenvalue weighted by molar-refractivity contribution is 0.122. The van der Waals surface area contributed by atoms with E-state index in [1.165, 1.54) is 0 Å². The van der Waals surface area contributed by atoms with Crippen LogP contribution in [0.25, 0.3) is 11.4 Å². The molecule has 3 aromatic rings. The van der Waals surface area contributed by atoms with Crippen molar-refractivity contribution in [1.82, 2.24) is 24.8 Å². The maximum atomic E-state index is 12.7. The molecule has 2 aliphatic rings. The summed E-state index contributed by atoms with van der Waals surface area (Å²) in [7, 11) is 0. The zero-order valence-corrected chi connectivity index (χ0v) is 17.9. The molecule has 0 atom stereocenters. The minimum absolute atomic E-state index is 0.0899. The minimum atomic E-state index is -0.0899. The van der Waals surface area contributed by atoms with Crippen molar-refractivity contribution in [2.45, 2.75) is 19.5 Å². The summed E-state index contributed by atoms with van der Waals surface area (Å²) in [6, 6.07) is 3.73. The van der Waals surface area contributed by atoms with Crippen LogP contribution >= 0.6 is 22.9 Å². The van der Waals surface area contributed by atoms with Gasteiger partial charge in [0, 0.05) is 57.1 Å². The molecule has 1 N–H and O–H groups in total. The van der Waals surface area contributed by atoms with Crippen LogP contribution in [0.3, 0.4) is 0 Å². The second-order valence-corrected chi connectivity index (χ2v) is 8.77. The average Bonchev–Trinajstić information content (AvgIpc) is 3.15. The van der Waals surface area contributed by atoms with Crippen LogP contribution in [0.2, 0.25) is 5.15 Å². The normalized spacial score (nSPS) is 17.2. The van der Waals surface area contributed by atoms with Crippen molar-refractivity contribution < 1.29 is 4.74 Å². The van der Waals surface area contributed by atoms with Crippen molar-refractivity contribution in [1.29, 1.82) is 0 Å². The highest BCUT2D eigenvalue weighted by atomic mass is 35.5. The second-order valence-electron chi connectivity index (χ2n) is 7.35. The van der Waals surface area contributed by atoms with Crippen molar-refractivity contribution in [2.75, 3.05) is 37.7 Å². The zero-order chi connectivity index (χ0) is 20.5. The summed E-state index contributed by atoms with van der Waals surface area (Å²) in [6.45, 7) is 5.13. The Bertz CT molecular complexity index is 1100. The van der Waals surface area contributed by atoms with Crippen LogP contribution in [-0.2, 0) is 24.2 Å². The van der Waals surface area contributed by atoms with Crippen molar-refractivity contribution >= 4 is 28.1 Å². The first-order valence-corrected chi connectivity index (χ1v) is 11.1. The molecule has 0 unspecified atom stereocenters. The van der Waals surface area contributed by atoms with Crippen LogP contribution < -0.4 is 10.5 Å². The molecule has 8 nitrogen and oxygen atoms in total. The van der Waals surface area contributed by atoms with E-state index >= 15 is 0 Å². The van der Waals surface area contributed by atoms with E-state index in [4.69, 9.17) is 21.3 Å². The van der Waals surface area contributed by atoms with E-state index in [0.717, 1.165) is 52.9 Å². The molecule has 0 amide bonds. The van der Waals surface area contributed by atoms with E-state index in [9.17, 15) is 4.79 Å². The molecular formula is C20H21ClN6O2S. The van der Waals surface area contributed by atoms with Crippen LogP contribution in [-0.4, -0.2) is 57.7 Å². The molecule has 5 heterocycles. The zero-order valence-electron chi connectivity index (χ0n) is 16.3. The number of fused-ring (bicyclic) bond motifs is 1. The Hall–Kier alpha value is -2.33. The summed E-state index contributed by atoms with van der Waals surface area (Å²) < 4.78 is 5.41. The number of H-pyrrole nitrogens is 1. The highest BCUT2D eigenvalue weighted by Gasteiger charge is 2.24. The van der Waals surface area contributed by atoms with Gasteiger partial charge in [-0.2, -0.15) is 0 Å². The quantitative estimate of drug-likeness (QED) is 0.660. The molecular weight excluding hydrogens is 424 g/mol. The summed E-state index contributed by atoms with van der Waals surface area (Å²) in [5, 5.41) is 1.49. The summed E-state index contributed by atoms with van der Waals surface area (Å²) in [6.07, 6.45) is 4.13. The molecule has 0 radical (unpaired) electrons. The number of aromatic amines is 1. The SMILES string of the molecule is O=c1[nH]c(-c2cccnc2)nc2c1CN(Cc1sc(N3CCOCC3)nc1Cl)CC2. The van der Waals surface area contributed by atoms with Gasteiger partial charge in [-0.15, -0.1) is 0 Å². The molecule has 0 saturated carbocycles. The first-order valence-electron chi connectivity index (χ1n) is 9.90. The van der Waals surface area contributed by atoms with Crippen LogP contribution in [0, 0.1) is 0 Å². The first kappa shape index (κ1) is 19.6. The first-order chi connectivity index (χ1) is 14.7. The topological polar surface area (TPSA) is 87.2 Å². The predicted octanol–water partition coefficient (Wildman–Crippen LogP) is 2.34. The molecule has 0 bridgehead atoms. The molecule has 1 fully saturated rings. The minimum Gasteiger partial charge on any atom is -0.378 e. The number of ether oxygens (including phenoxy) is 1. The Morgan fingerprint density at radius 3 is 2.90 bits per heavy atom. The molecule has 0 spiro atoms. The smallest absolute Gasteiger partial charge is 0.255 e. The fourth-order valence-electron chi connectivity index (χ4n) is 3.77. The Morgan fingerprint density at radius 1 is 1.23 bits per heavy atom. The van der Waals surface area contributed by atoms with Gasteiger partial charge in [-0.3, -0.25) is 14.7 Å². The predicted molar refractivity (Wildman–Crippen MR) is 116 cm³/mol. The summed E-state index contributed by atoms with van der Waals surface area (Å²) >= 11 is 8.05. The van der Waals surface area contributed by atoms with Gasteiger partial charge >= 0.3 is 0 Å². The summed E-state index contributed by atoms with van der Waals surface area (Å²) in [5.74, 6) is 0.570. The van der Waals surface area contributed by atoms with Gasteiger partial charge in [0.25, 0.3) is 5.56 Å². The molecule has 10 heteroatoms. The number of anilines is 1. The monoisotopic (exact) mass is 444 g/mol. The standard InChI is InChI=1S/C20H21ClN6O2S/c21-17-16(30-20(24-17)27-6-8-29-9-7-27)12-26-5-3-15-14(11-26)19(28)25-18(23-15)13-2-1-4-22-10-13/h1-2,4,10H,3,5-9,11-12H2,(H,23,25,28). The Morgan fingerprint density at radius 2 is 2.10 bits per heavy atom. The van der Waals surface area contributed by atoms with Crippen molar-refractivity contribution in [3.8, 4) is 11.4 Å². The van der Waals surface area contributed by atoms with Gasteiger partial charge in [-0.05, 0) is 12.1 Å². The van der Waals surface area contributed by atoms with Crippen molar-refractivity contribution in [2.24, 2.45) is 0 Å². The van der Waals surface area contributed by atoms with Gasteiger partial charge in [0.05, 0.1) is 29.3 Å². The molecule has 3 aromatic heterocycles. The summed E-state index contributed by atoms with van der Waals surface area (Å²) in [4.78, 5) is 34.5. The van der Waals surface area contributed by atoms with Crippen LogP contribution in [0.5, 0.6) is 0 Å². The highest BCUT2D eigenvalue weighted by molar-refractivity contribution is 7.16. The van der Waals surface area contributed by atoms with E-state index in [1.807, 2.05) is 12.1 Å². The number of halogens is 1. The van der Waals surface area contributed by atoms with Crippen LogP contribution in [0.15, 0.2) is 29.3 Å². The van der Waals surface area contributed by atoms with Crippen LogP contribution in [0.1, 0.15) is 16.1 Å².